The third-order valence-electron chi connectivity index (χ3n) is 2.47. The van der Waals surface area contributed by atoms with E-state index >= 15 is 0 Å². The van der Waals surface area contributed by atoms with Crippen molar-refractivity contribution in [1.29, 1.82) is 5.26 Å². The molecule has 1 aliphatic heterocycles. The first-order valence-electron chi connectivity index (χ1n) is 4.22. The Hall–Kier alpha value is -1.24. The standard InChI is InChI=1S/C10H6Cl2N2O/c1-14-7(4-13)5-2-3-6(11)9(12)8(5)10(14)15/h2-3,7H,1H3. The number of fused-ring (bicyclic) bond motifs is 1. The molecule has 5 heteroatoms. The molecule has 0 aromatic heterocycles. The van der Waals surface area contributed by atoms with Crippen molar-refractivity contribution in [1.82, 2.24) is 4.90 Å². The lowest BCUT2D eigenvalue weighted by Crippen LogP contribution is -2.21. The molecule has 0 bridgehead atoms. The van der Waals surface area contributed by atoms with E-state index in [4.69, 9.17) is 28.5 Å². The van der Waals surface area contributed by atoms with Crippen LogP contribution in [0.2, 0.25) is 10.0 Å². The van der Waals surface area contributed by atoms with Crippen molar-refractivity contribution in [2.24, 2.45) is 0 Å². The highest BCUT2D eigenvalue weighted by Gasteiger charge is 2.36. The van der Waals surface area contributed by atoms with Gasteiger partial charge in [0.05, 0.1) is 21.7 Å². The van der Waals surface area contributed by atoms with Crippen molar-refractivity contribution in [3.05, 3.63) is 33.3 Å². The minimum absolute atomic E-state index is 0.226. The van der Waals surface area contributed by atoms with Crippen molar-refractivity contribution in [3.63, 3.8) is 0 Å². The van der Waals surface area contributed by atoms with Crippen LogP contribution in [0.4, 0.5) is 0 Å². The molecule has 1 unspecified atom stereocenters. The molecule has 1 atom stereocenters. The Morgan fingerprint density at radius 1 is 1.47 bits per heavy atom. The Balaban J connectivity index is 2.72. The fourth-order valence-electron chi connectivity index (χ4n) is 1.67. The van der Waals surface area contributed by atoms with Gasteiger partial charge < -0.3 is 4.90 Å². The van der Waals surface area contributed by atoms with Gasteiger partial charge in [0.25, 0.3) is 5.91 Å². The minimum Gasteiger partial charge on any atom is -0.322 e. The van der Waals surface area contributed by atoms with Gasteiger partial charge in [-0.2, -0.15) is 5.26 Å². The number of rotatable bonds is 0. The van der Waals surface area contributed by atoms with E-state index in [1.807, 2.05) is 0 Å². The number of hydrogen-bond acceptors (Lipinski definition) is 2. The van der Waals surface area contributed by atoms with E-state index < -0.39 is 6.04 Å². The maximum atomic E-state index is 11.8. The maximum Gasteiger partial charge on any atom is 0.256 e. The highest BCUT2D eigenvalue weighted by molar-refractivity contribution is 6.44. The van der Waals surface area contributed by atoms with Crippen LogP contribution in [0.15, 0.2) is 12.1 Å². The van der Waals surface area contributed by atoms with E-state index in [1.165, 1.54) is 4.90 Å². The molecule has 0 radical (unpaired) electrons. The van der Waals surface area contributed by atoms with Gasteiger partial charge in [0.2, 0.25) is 0 Å². The third-order valence-corrected chi connectivity index (χ3v) is 3.27. The molecule has 1 amide bonds. The highest BCUT2D eigenvalue weighted by atomic mass is 35.5. The Kier molecular flexibility index (Phi) is 2.34. The van der Waals surface area contributed by atoms with Gasteiger partial charge in [-0.3, -0.25) is 4.79 Å². The van der Waals surface area contributed by atoms with Crippen LogP contribution in [-0.4, -0.2) is 17.9 Å². The summed E-state index contributed by atoms with van der Waals surface area (Å²) in [5.41, 5.74) is 0.970. The lowest BCUT2D eigenvalue weighted by Gasteiger charge is -2.11. The average molecular weight is 241 g/mol. The zero-order valence-electron chi connectivity index (χ0n) is 7.79. The van der Waals surface area contributed by atoms with Crippen LogP contribution in [0, 0.1) is 11.3 Å². The monoisotopic (exact) mass is 240 g/mol. The van der Waals surface area contributed by atoms with Crippen LogP contribution in [0.1, 0.15) is 22.0 Å². The molecule has 3 nitrogen and oxygen atoms in total. The first-order chi connectivity index (χ1) is 7.07. The smallest absolute Gasteiger partial charge is 0.256 e. The number of carbonyl (C=O) groups excluding carboxylic acids is 1. The van der Waals surface area contributed by atoms with Crippen LogP contribution < -0.4 is 0 Å². The van der Waals surface area contributed by atoms with Crippen molar-refractivity contribution < 1.29 is 4.79 Å². The van der Waals surface area contributed by atoms with Crippen LogP contribution in [0.5, 0.6) is 0 Å². The van der Waals surface area contributed by atoms with Gasteiger partial charge in [0, 0.05) is 12.6 Å². The molecule has 0 spiro atoms. The molecule has 76 valence electrons. The van der Waals surface area contributed by atoms with E-state index in [-0.39, 0.29) is 10.9 Å². The summed E-state index contributed by atoms with van der Waals surface area (Å²) in [5, 5.41) is 9.50. The zero-order chi connectivity index (χ0) is 11.2. The SMILES string of the molecule is CN1C(=O)c2c(ccc(Cl)c2Cl)C1C#N. The number of halogens is 2. The van der Waals surface area contributed by atoms with Gasteiger partial charge in [-0.1, -0.05) is 29.3 Å². The Bertz CT molecular complexity index is 493. The van der Waals surface area contributed by atoms with E-state index in [0.29, 0.717) is 16.1 Å². The van der Waals surface area contributed by atoms with Crippen molar-refractivity contribution in [3.8, 4) is 6.07 Å². The molecular weight excluding hydrogens is 235 g/mol. The summed E-state index contributed by atoms with van der Waals surface area (Å²) < 4.78 is 0. The van der Waals surface area contributed by atoms with Crippen LogP contribution in [0.25, 0.3) is 0 Å². The molecule has 1 aliphatic rings. The summed E-state index contributed by atoms with van der Waals surface area (Å²) in [7, 11) is 1.57. The molecular formula is C10H6Cl2N2O. The molecule has 0 saturated carbocycles. The Morgan fingerprint density at radius 3 is 2.73 bits per heavy atom. The maximum absolute atomic E-state index is 11.8. The van der Waals surface area contributed by atoms with E-state index in [2.05, 4.69) is 6.07 Å². The average Bonchev–Trinajstić information content (AvgIpc) is 2.46. The molecule has 0 fully saturated rings. The normalized spacial score (nSPS) is 18.9. The topological polar surface area (TPSA) is 44.1 Å². The highest BCUT2D eigenvalue weighted by Crippen LogP contribution is 2.39. The minimum atomic E-state index is -0.567. The summed E-state index contributed by atoms with van der Waals surface area (Å²) in [6.45, 7) is 0. The molecule has 1 heterocycles. The number of nitriles is 1. The van der Waals surface area contributed by atoms with Gasteiger partial charge in [-0.15, -0.1) is 0 Å². The second-order valence-electron chi connectivity index (χ2n) is 3.27. The van der Waals surface area contributed by atoms with Crippen LogP contribution in [0.3, 0.4) is 0 Å². The molecule has 1 aromatic rings. The Morgan fingerprint density at radius 2 is 2.13 bits per heavy atom. The lowest BCUT2D eigenvalue weighted by molar-refractivity contribution is 0.0800. The van der Waals surface area contributed by atoms with Crippen molar-refractivity contribution in [2.45, 2.75) is 6.04 Å². The first-order valence-corrected chi connectivity index (χ1v) is 4.98. The van der Waals surface area contributed by atoms with Gasteiger partial charge in [0.15, 0.2) is 0 Å². The summed E-state index contributed by atoms with van der Waals surface area (Å²) in [6.07, 6.45) is 0. The number of hydrogen-bond donors (Lipinski definition) is 0. The van der Waals surface area contributed by atoms with E-state index in [1.54, 1.807) is 19.2 Å². The second kappa shape index (κ2) is 3.41. The van der Waals surface area contributed by atoms with Gasteiger partial charge >= 0.3 is 0 Å². The first kappa shape index (κ1) is 10.3. The lowest BCUT2D eigenvalue weighted by atomic mass is 10.1. The molecule has 15 heavy (non-hydrogen) atoms. The predicted molar refractivity (Wildman–Crippen MR) is 56.9 cm³/mol. The predicted octanol–water partition coefficient (Wildman–Crippen LogP) is 2.64. The van der Waals surface area contributed by atoms with Gasteiger partial charge in [-0.25, -0.2) is 0 Å². The fraction of sp³-hybridized carbons (Fsp3) is 0.200. The molecule has 2 rings (SSSR count). The molecule has 0 N–H and O–H groups in total. The fourth-order valence-corrected chi connectivity index (χ4v) is 2.08. The molecule has 0 aliphatic carbocycles. The van der Waals surface area contributed by atoms with Crippen LogP contribution in [-0.2, 0) is 0 Å². The molecule has 1 aromatic carbocycles. The summed E-state index contributed by atoms with van der Waals surface area (Å²) >= 11 is 11.7. The van der Waals surface area contributed by atoms with Crippen molar-refractivity contribution >= 4 is 29.1 Å². The largest absolute Gasteiger partial charge is 0.322 e. The zero-order valence-corrected chi connectivity index (χ0v) is 9.30. The number of nitrogens with zero attached hydrogens (tertiary/aromatic N) is 2. The summed E-state index contributed by atoms with van der Waals surface area (Å²) in [4.78, 5) is 13.1. The molecule has 0 saturated heterocycles. The van der Waals surface area contributed by atoms with Gasteiger partial charge in [-0.05, 0) is 6.07 Å². The van der Waals surface area contributed by atoms with E-state index in [9.17, 15) is 4.79 Å². The van der Waals surface area contributed by atoms with Gasteiger partial charge in [0.1, 0.15) is 6.04 Å². The summed E-state index contributed by atoms with van der Waals surface area (Å²) in [6, 6.07) is 4.75. The third kappa shape index (κ3) is 1.30. The Labute approximate surface area is 96.8 Å². The number of benzene rings is 1. The van der Waals surface area contributed by atoms with Crippen LogP contribution >= 0.6 is 23.2 Å². The second-order valence-corrected chi connectivity index (χ2v) is 4.06. The van der Waals surface area contributed by atoms with E-state index in [0.717, 1.165) is 0 Å². The number of amides is 1. The number of carbonyl (C=O) groups is 1. The quantitative estimate of drug-likeness (QED) is 0.700. The van der Waals surface area contributed by atoms with Crippen molar-refractivity contribution in [2.75, 3.05) is 7.05 Å². The summed E-state index contributed by atoms with van der Waals surface area (Å²) in [5.74, 6) is -0.260.